The van der Waals surface area contributed by atoms with E-state index in [9.17, 15) is 0 Å². The average molecular weight is 97.0 g/mol. The Kier molecular flexibility index (Phi) is 4.51. The predicted molar refractivity (Wildman–Crippen MR) is 35.5 cm³/mol. The van der Waals surface area contributed by atoms with E-state index >= 15 is 0 Å². The van der Waals surface area contributed by atoms with Crippen molar-refractivity contribution in [1.29, 1.82) is 0 Å². The third-order valence-electron chi connectivity index (χ3n) is 1.06. The van der Waals surface area contributed by atoms with Gasteiger partial charge in [-0.2, -0.15) is 0 Å². The van der Waals surface area contributed by atoms with Gasteiger partial charge in [-0.25, -0.2) is 0 Å². The predicted octanol–water partition coefficient (Wildman–Crippen LogP) is 2.06. The first kappa shape index (κ1) is 10.1. The molecule has 0 aliphatic carbocycles. The molecule has 0 bridgehead atoms. The van der Waals surface area contributed by atoms with Crippen LogP contribution in [0.15, 0.2) is 0 Å². The zero-order valence-electron chi connectivity index (χ0n) is 5.78. The minimum Gasteiger partial charge on any atom is -0.0649 e. The summed E-state index contributed by atoms with van der Waals surface area (Å²) in [5.41, 5.74) is 0.542. The Morgan fingerprint density at radius 3 is 1.29 bits per heavy atom. The molecule has 3 radical (unpaired) electrons. The van der Waals surface area contributed by atoms with E-state index in [-0.39, 0.29) is 8.41 Å². The first-order valence-electron chi connectivity index (χ1n) is 2.56. The molecule has 0 fully saturated rings. The van der Waals surface area contributed by atoms with Crippen molar-refractivity contribution in [3.05, 3.63) is 0 Å². The van der Waals surface area contributed by atoms with Crippen LogP contribution in [-0.2, 0) is 0 Å². The zero-order chi connectivity index (χ0) is 5.21. The van der Waals surface area contributed by atoms with E-state index < -0.39 is 0 Å². The SMILES string of the molecule is CCC(C)(C)C.[B]. The Morgan fingerprint density at radius 2 is 1.29 bits per heavy atom. The number of hydrogen-bond acceptors (Lipinski definition) is 0. The summed E-state index contributed by atoms with van der Waals surface area (Å²) in [6, 6.07) is 0. The van der Waals surface area contributed by atoms with E-state index in [0.717, 1.165) is 0 Å². The van der Waals surface area contributed by atoms with Crippen molar-refractivity contribution in [1.82, 2.24) is 0 Å². The number of hydrogen-bond donors (Lipinski definition) is 0. The van der Waals surface area contributed by atoms with Gasteiger partial charge < -0.3 is 0 Å². The van der Waals surface area contributed by atoms with E-state index in [0.29, 0.717) is 5.41 Å². The zero-order valence-corrected chi connectivity index (χ0v) is 5.78. The van der Waals surface area contributed by atoms with Gasteiger partial charge in [0.05, 0.1) is 0 Å². The Balaban J connectivity index is 0. The van der Waals surface area contributed by atoms with Crippen molar-refractivity contribution >= 4 is 8.41 Å². The largest absolute Gasteiger partial charge is 0.0649 e. The summed E-state index contributed by atoms with van der Waals surface area (Å²) >= 11 is 0. The Labute approximate surface area is 48.9 Å². The molecular formula is C6H14B. The van der Waals surface area contributed by atoms with Gasteiger partial charge in [0, 0.05) is 8.41 Å². The van der Waals surface area contributed by atoms with E-state index in [1.807, 2.05) is 0 Å². The molecule has 41 valence electrons. The van der Waals surface area contributed by atoms with Crippen LogP contribution in [0.25, 0.3) is 0 Å². The second kappa shape index (κ2) is 3.12. The molecular weight excluding hydrogens is 82.9 g/mol. The second-order valence-electron chi connectivity index (χ2n) is 2.91. The molecule has 0 saturated carbocycles. The fourth-order valence-corrected chi connectivity index (χ4v) is 0. The molecule has 7 heavy (non-hydrogen) atoms. The van der Waals surface area contributed by atoms with Crippen LogP contribution in [0.5, 0.6) is 0 Å². The van der Waals surface area contributed by atoms with Crippen LogP contribution in [0, 0.1) is 5.41 Å². The molecule has 0 N–H and O–H groups in total. The molecule has 0 nitrogen and oxygen atoms in total. The van der Waals surface area contributed by atoms with Crippen LogP contribution in [0.4, 0.5) is 0 Å². The minimum atomic E-state index is 0. The van der Waals surface area contributed by atoms with Gasteiger partial charge in [-0.15, -0.1) is 0 Å². The highest BCUT2D eigenvalue weighted by Gasteiger charge is 2.03. The van der Waals surface area contributed by atoms with E-state index in [2.05, 4.69) is 27.7 Å². The molecule has 0 aromatic carbocycles. The maximum absolute atomic E-state index is 2.24. The van der Waals surface area contributed by atoms with Gasteiger partial charge in [-0.05, 0) is 5.41 Å². The van der Waals surface area contributed by atoms with Gasteiger partial charge in [-0.1, -0.05) is 34.1 Å². The van der Waals surface area contributed by atoms with E-state index in [1.165, 1.54) is 6.42 Å². The quantitative estimate of drug-likeness (QED) is 0.406. The summed E-state index contributed by atoms with van der Waals surface area (Å²) in [4.78, 5) is 0. The number of rotatable bonds is 0. The maximum atomic E-state index is 2.24. The lowest BCUT2D eigenvalue weighted by atomic mass is 9.94. The van der Waals surface area contributed by atoms with Gasteiger partial charge in [0.25, 0.3) is 0 Å². The highest BCUT2D eigenvalue weighted by atomic mass is 14.1. The molecule has 0 aromatic rings. The van der Waals surface area contributed by atoms with Crippen LogP contribution in [0.3, 0.4) is 0 Å². The summed E-state index contributed by atoms with van der Waals surface area (Å²) in [7, 11) is 0. The van der Waals surface area contributed by atoms with Crippen molar-refractivity contribution in [3.63, 3.8) is 0 Å². The Hall–Kier alpha value is 0.0649. The molecule has 0 rings (SSSR count). The standard InChI is InChI=1S/C6H14.B/c1-5-6(2,3)4;/h5H2,1-4H3;. The molecule has 0 spiro atoms. The lowest BCUT2D eigenvalue weighted by Gasteiger charge is -2.12. The monoisotopic (exact) mass is 97.1 g/mol. The Morgan fingerprint density at radius 1 is 1.14 bits per heavy atom. The van der Waals surface area contributed by atoms with Crippen molar-refractivity contribution in [2.75, 3.05) is 0 Å². The van der Waals surface area contributed by atoms with Crippen LogP contribution >= 0.6 is 0 Å². The van der Waals surface area contributed by atoms with Gasteiger partial charge in [-0.3, -0.25) is 0 Å². The fraction of sp³-hybridized carbons (Fsp3) is 1.00. The summed E-state index contributed by atoms with van der Waals surface area (Å²) < 4.78 is 0. The van der Waals surface area contributed by atoms with Crippen LogP contribution < -0.4 is 0 Å². The van der Waals surface area contributed by atoms with Gasteiger partial charge in [0.1, 0.15) is 0 Å². The first-order valence-corrected chi connectivity index (χ1v) is 2.56. The molecule has 0 saturated heterocycles. The summed E-state index contributed by atoms with van der Waals surface area (Å²) in [5, 5.41) is 0. The summed E-state index contributed by atoms with van der Waals surface area (Å²) in [6.45, 7) is 8.94. The topological polar surface area (TPSA) is 0 Å². The molecule has 0 aromatic heterocycles. The molecule has 0 aliphatic rings. The second-order valence-corrected chi connectivity index (χ2v) is 2.91. The molecule has 0 amide bonds. The van der Waals surface area contributed by atoms with Gasteiger partial charge in [0.15, 0.2) is 0 Å². The fourth-order valence-electron chi connectivity index (χ4n) is 0. The van der Waals surface area contributed by atoms with E-state index in [1.54, 1.807) is 0 Å². The maximum Gasteiger partial charge on any atom is 0 e. The third-order valence-corrected chi connectivity index (χ3v) is 1.06. The summed E-state index contributed by atoms with van der Waals surface area (Å²) in [6.07, 6.45) is 1.27. The minimum absolute atomic E-state index is 0. The third kappa shape index (κ3) is 10.7. The van der Waals surface area contributed by atoms with Crippen molar-refractivity contribution in [3.8, 4) is 0 Å². The molecule has 0 unspecified atom stereocenters. The van der Waals surface area contributed by atoms with Crippen molar-refractivity contribution < 1.29 is 0 Å². The molecule has 0 heterocycles. The van der Waals surface area contributed by atoms with Gasteiger partial charge >= 0.3 is 0 Å². The lowest BCUT2D eigenvalue weighted by molar-refractivity contribution is 0.398. The van der Waals surface area contributed by atoms with E-state index in [4.69, 9.17) is 0 Å². The van der Waals surface area contributed by atoms with Crippen molar-refractivity contribution in [2.24, 2.45) is 5.41 Å². The van der Waals surface area contributed by atoms with Gasteiger partial charge in [0.2, 0.25) is 0 Å². The van der Waals surface area contributed by atoms with Crippen LogP contribution in [-0.4, -0.2) is 8.41 Å². The normalized spacial score (nSPS) is 10.3. The average Bonchev–Trinajstić information content (AvgIpc) is 1.35. The van der Waals surface area contributed by atoms with Crippen LogP contribution in [0.2, 0.25) is 0 Å². The van der Waals surface area contributed by atoms with Crippen LogP contribution in [0.1, 0.15) is 34.1 Å². The lowest BCUT2D eigenvalue weighted by Crippen LogP contribution is -2.00. The highest BCUT2D eigenvalue weighted by molar-refractivity contribution is 5.75. The molecule has 0 atom stereocenters. The smallest absolute Gasteiger partial charge is 0 e. The highest BCUT2D eigenvalue weighted by Crippen LogP contribution is 2.16. The first-order chi connectivity index (χ1) is 2.56. The van der Waals surface area contributed by atoms with Crippen molar-refractivity contribution in [2.45, 2.75) is 34.1 Å². The molecule has 1 heteroatoms. The summed E-state index contributed by atoms with van der Waals surface area (Å²) in [5.74, 6) is 0. The Bertz CT molecular complexity index is 33.9. The molecule has 0 aliphatic heterocycles.